The Labute approximate surface area is 144 Å². The lowest BCUT2D eigenvalue weighted by Gasteiger charge is -2.16. The average molecular weight is 323 g/mol. The summed E-state index contributed by atoms with van der Waals surface area (Å²) in [4.78, 5) is 12.4. The fourth-order valence-corrected chi connectivity index (χ4v) is 3.16. The van der Waals surface area contributed by atoms with Crippen LogP contribution >= 0.6 is 0 Å². The van der Waals surface area contributed by atoms with E-state index in [1.54, 1.807) is 0 Å². The van der Waals surface area contributed by atoms with Crippen LogP contribution in [-0.2, 0) is 19.4 Å². The largest absolute Gasteiger partial charge is 0.491 e. The van der Waals surface area contributed by atoms with Crippen LogP contribution < -0.4 is 10.1 Å². The highest BCUT2D eigenvalue weighted by molar-refractivity contribution is 5.94. The summed E-state index contributed by atoms with van der Waals surface area (Å²) < 4.78 is 5.70. The number of carbonyl (C=O) groups excluding carboxylic acids is 1. The molecule has 3 rings (SSSR count). The summed E-state index contributed by atoms with van der Waals surface area (Å²) in [6.07, 6.45) is 4.85. The van der Waals surface area contributed by atoms with Crippen LogP contribution in [-0.4, -0.2) is 12.0 Å². The lowest BCUT2D eigenvalue weighted by Crippen LogP contribution is -2.23. The molecule has 126 valence electrons. The molecule has 0 aromatic heterocycles. The normalized spacial score (nSPS) is 13.5. The first-order chi connectivity index (χ1) is 11.6. The Morgan fingerprint density at radius 2 is 1.88 bits per heavy atom. The number of aryl methyl sites for hydroxylation is 2. The number of hydrogen-bond donors (Lipinski definition) is 1. The number of ether oxygens (including phenoxy) is 1. The van der Waals surface area contributed by atoms with Crippen LogP contribution in [0.3, 0.4) is 0 Å². The van der Waals surface area contributed by atoms with Crippen LogP contribution in [0.2, 0.25) is 0 Å². The first-order valence-electron chi connectivity index (χ1n) is 8.77. The van der Waals surface area contributed by atoms with Crippen molar-refractivity contribution in [3.63, 3.8) is 0 Å². The molecule has 1 amide bonds. The molecular weight excluding hydrogens is 298 g/mol. The van der Waals surface area contributed by atoms with Gasteiger partial charge in [-0.3, -0.25) is 4.79 Å². The third kappa shape index (κ3) is 4.16. The molecule has 0 saturated carbocycles. The molecule has 0 spiro atoms. The highest BCUT2D eigenvalue weighted by Gasteiger charge is 2.12. The molecule has 0 saturated heterocycles. The van der Waals surface area contributed by atoms with Gasteiger partial charge in [0.1, 0.15) is 5.75 Å². The summed E-state index contributed by atoms with van der Waals surface area (Å²) in [6.45, 7) is 4.51. The van der Waals surface area contributed by atoms with Crippen LogP contribution in [0.1, 0.15) is 53.7 Å². The maximum absolute atomic E-state index is 12.4. The predicted octanol–water partition coefficient (Wildman–Crippen LogP) is 4.28. The molecule has 2 aromatic carbocycles. The molecule has 0 fully saturated rings. The smallest absolute Gasteiger partial charge is 0.251 e. The number of amides is 1. The number of hydrogen-bond acceptors (Lipinski definition) is 2. The van der Waals surface area contributed by atoms with Crippen LogP contribution in [0.4, 0.5) is 0 Å². The molecule has 24 heavy (non-hydrogen) atoms. The van der Waals surface area contributed by atoms with Gasteiger partial charge >= 0.3 is 0 Å². The van der Waals surface area contributed by atoms with Gasteiger partial charge in [0.2, 0.25) is 0 Å². The molecule has 0 aliphatic heterocycles. The summed E-state index contributed by atoms with van der Waals surface area (Å²) in [5, 5.41) is 3.01. The monoisotopic (exact) mass is 323 g/mol. The Balaban J connectivity index is 1.63. The van der Waals surface area contributed by atoms with E-state index in [2.05, 4.69) is 17.4 Å². The van der Waals surface area contributed by atoms with Gasteiger partial charge in [-0.05, 0) is 80.5 Å². The van der Waals surface area contributed by atoms with E-state index in [1.165, 1.54) is 24.0 Å². The van der Waals surface area contributed by atoms with Gasteiger partial charge in [0.05, 0.1) is 6.10 Å². The number of fused-ring (bicyclic) bond motifs is 1. The van der Waals surface area contributed by atoms with E-state index in [9.17, 15) is 4.79 Å². The zero-order valence-electron chi connectivity index (χ0n) is 14.5. The third-order valence-corrected chi connectivity index (χ3v) is 4.33. The summed E-state index contributed by atoms with van der Waals surface area (Å²) in [6, 6.07) is 14.0. The van der Waals surface area contributed by atoms with Gasteiger partial charge < -0.3 is 10.1 Å². The second-order valence-electron chi connectivity index (χ2n) is 6.69. The molecule has 1 aliphatic carbocycles. The van der Waals surface area contributed by atoms with Crippen LogP contribution in [0, 0.1) is 0 Å². The van der Waals surface area contributed by atoms with Crippen molar-refractivity contribution in [2.45, 2.75) is 52.2 Å². The van der Waals surface area contributed by atoms with Gasteiger partial charge in [-0.2, -0.15) is 0 Å². The minimum absolute atomic E-state index is 0.0152. The first-order valence-corrected chi connectivity index (χ1v) is 8.77. The van der Waals surface area contributed by atoms with Gasteiger partial charge in [0.15, 0.2) is 0 Å². The lowest BCUT2D eigenvalue weighted by atomic mass is 9.90. The highest BCUT2D eigenvalue weighted by Crippen LogP contribution is 2.22. The van der Waals surface area contributed by atoms with Crippen molar-refractivity contribution in [3.05, 3.63) is 64.7 Å². The van der Waals surface area contributed by atoms with E-state index >= 15 is 0 Å². The van der Waals surface area contributed by atoms with Gasteiger partial charge in [0.25, 0.3) is 5.91 Å². The minimum atomic E-state index is -0.0152. The molecule has 0 atom stereocenters. The van der Waals surface area contributed by atoms with Crippen molar-refractivity contribution in [3.8, 4) is 5.75 Å². The fourth-order valence-electron chi connectivity index (χ4n) is 3.16. The van der Waals surface area contributed by atoms with E-state index in [0.717, 1.165) is 29.7 Å². The van der Waals surface area contributed by atoms with E-state index in [0.29, 0.717) is 6.54 Å². The molecule has 2 aromatic rings. The Bertz CT molecular complexity index is 722. The Morgan fingerprint density at radius 1 is 1.08 bits per heavy atom. The lowest BCUT2D eigenvalue weighted by molar-refractivity contribution is 0.0950. The van der Waals surface area contributed by atoms with Gasteiger partial charge in [-0.25, -0.2) is 0 Å². The fraction of sp³-hybridized carbons (Fsp3) is 0.381. The first kappa shape index (κ1) is 16.6. The third-order valence-electron chi connectivity index (χ3n) is 4.33. The van der Waals surface area contributed by atoms with Crippen molar-refractivity contribution >= 4 is 5.91 Å². The Kier molecular flexibility index (Phi) is 5.19. The zero-order valence-corrected chi connectivity index (χ0v) is 14.5. The summed E-state index contributed by atoms with van der Waals surface area (Å²) >= 11 is 0. The van der Waals surface area contributed by atoms with E-state index in [-0.39, 0.29) is 12.0 Å². The van der Waals surface area contributed by atoms with E-state index in [1.807, 2.05) is 44.2 Å². The van der Waals surface area contributed by atoms with Crippen LogP contribution in [0.15, 0.2) is 42.5 Å². The number of rotatable bonds is 5. The second kappa shape index (κ2) is 7.52. The predicted molar refractivity (Wildman–Crippen MR) is 96.5 cm³/mol. The average Bonchev–Trinajstić information content (AvgIpc) is 2.59. The second-order valence-corrected chi connectivity index (χ2v) is 6.69. The topological polar surface area (TPSA) is 38.3 Å². The summed E-state index contributed by atoms with van der Waals surface area (Å²) in [5.41, 5.74) is 4.53. The van der Waals surface area contributed by atoms with Gasteiger partial charge in [-0.15, -0.1) is 0 Å². The maximum Gasteiger partial charge on any atom is 0.251 e. The number of carbonyl (C=O) groups is 1. The van der Waals surface area contributed by atoms with Crippen molar-refractivity contribution in [1.82, 2.24) is 5.32 Å². The molecule has 3 nitrogen and oxygen atoms in total. The summed E-state index contributed by atoms with van der Waals surface area (Å²) in [7, 11) is 0. The SMILES string of the molecule is CC(C)Oc1cccc(CNC(=O)c2ccc3c(c2)CCCC3)c1. The van der Waals surface area contributed by atoms with Crippen molar-refractivity contribution in [1.29, 1.82) is 0 Å². The molecule has 1 aliphatic rings. The Morgan fingerprint density at radius 3 is 2.67 bits per heavy atom. The van der Waals surface area contributed by atoms with Crippen molar-refractivity contribution in [2.24, 2.45) is 0 Å². The standard InChI is InChI=1S/C21H25NO2/c1-15(2)24-20-9-5-6-16(12-20)14-22-21(23)19-11-10-17-7-3-4-8-18(17)13-19/h5-6,9-13,15H,3-4,7-8,14H2,1-2H3,(H,22,23). The zero-order chi connectivity index (χ0) is 16.9. The van der Waals surface area contributed by atoms with Gasteiger partial charge in [0, 0.05) is 12.1 Å². The number of benzene rings is 2. The quantitative estimate of drug-likeness (QED) is 0.892. The van der Waals surface area contributed by atoms with Crippen LogP contribution in [0.25, 0.3) is 0 Å². The highest BCUT2D eigenvalue weighted by atomic mass is 16.5. The van der Waals surface area contributed by atoms with Crippen molar-refractivity contribution in [2.75, 3.05) is 0 Å². The van der Waals surface area contributed by atoms with Gasteiger partial charge in [-0.1, -0.05) is 18.2 Å². The van der Waals surface area contributed by atoms with Crippen molar-refractivity contribution < 1.29 is 9.53 Å². The molecule has 1 N–H and O–H groups in total. The summed E-state index contributed by atoms with van der Waals surface area (Å²) in [5.74, 6) is 0.823. The van der Waals surface area contributed by atoms with E-state index < -0.39 is 0 Å². The minimum Gasteiger partial charge on any atom is -0.491 e. The molecule has 0 unspecified atom stereocenters. The number of nitrogens with one attached hydrogen (secondary N) is 1. The molecule has 3 heteroatoms. The van der Waals surface area contributed by atoms with E-state index in [4.69, 9.17) is 4.74 Å². The Hall–Kier alpha value is -2.29. The molecule has 0 radical (unpaired) electrons. The van der Waals surface area contributed by atoms with Crippen LogP contribution in [0.5, 0.6) is 5.75 Å². The molecule has 0 bridgehead atoms. The molecule has 0 heterocycles. The molecular formula is C21H25NO2. The maximum atomic E-state index is 12.4.